The second-order valence-corrected chi connectivity index (χ2v) is 2.88. The van der Waals surface area contributed by atoms with Crippen molar-refractivity contribution in [3.05, 3.63) is 0 Å². The van der Waals surface area contributed by atoms with Gasteiger partial charge in [0.1, 0.15) is 6.04 Å². The molecule has 0 saturated heterocycles. The van der Waals surface area contributed by atoms with Crippen LogP contribution in [0, 0.1) is 5.92 Å². The third-order valence-electron chi connectivity index (χ3n) is 1.58. The molecule has 0 spiro atoms. The van der Waals surface area contributed by atoms with Gasteiger partial charge in [-0.1, -0.05) is 13.8 Å². The highest BCUT2D eigenvalue weighted by Gasteiger charge is 2.24. The van der Waals surface area contributed by atoms with Gasteiger partial charge in [0, 0.05) is 0 Å². The number of nitrogens with one attached hydrogen (secondary N) is 1. The summed E-state index contributed by atoms with van der Waals surface area (Å²) in [7, 11) is 2.51. The SMILES string of the molecule is COC(=O)NC(C(=O)OC)C(C)C. The molecule has 5 nitrogen and oxygen atoms in total. The van der Waals surface area contributed by atoms with Crippen LogP contribution in [0.3, 0.4) is 0 Å². The van der Waals surface area contributed by atoms with E-state index in [1.807, 2.05) is 0 Å². The Labute approximate surface area is 77.4 Å². The number of amides is 1. The van der Waals surface area contributed by atoms with Crippen LogP contribution in [0.1, 0.15) is 13.8 Å². The molecule has 1 N–H and O–H groups in total. The standard InChI is InChI=1S/C8H15NO4/c1-5(2)6(7(10)12-3)9-8(11)13-4/h5-6H,1-4H3,(H,9,11). The molecule has 0 aliphatic heterocycles. The Morgan fingerprint density at radius 1 is 1.15 bits per heavy atom. The summed E-state index contributed by atoms with van der Waals surface area (Å²) in [5, 5.41) is 2.38. The van der Waals surface area contributed by atoms with Crippen molar-refractivity contribution in [3.8, 4) is 0 Å². The van der Waals surface area contributed by atoms with Gasteiger partial charge in [0.15, 0.2) is 0 Å². The van der Waals surface area contributed by atoms with Crippen molar-refractivity contribution < 1.29 is 19.1 Å². The van der Waals surface area contributed by atoms with Gasteiger partial charge >= 0.3 is 12.1 Å². The summed E-state index contributed by atoms with van der Waals surface area (Å²) < 4.78 is 8.88. The molecule has 13 heavy (non-hydrogen) atoms. The van der Waals surface area contributed by atoms with Crippen molar-refractivity contribution in [1.82, 2.24) is 5.32 Å². The van der Waals surface area contributed by atoms with E-state index in [1.54, 1.807) is 13.8 Å². The summed E-state index contributed by atoms with van der Waals surface area (Å²) in [6.45, 7) is 3.61. The quantitative estimate of drug-likeness (QED) is 0.658. The van der Waals surface area contributed by atoms with Gasteiger partial charge in [-0.05, 0) is 5.92 Å². The molecule has 0 bridgehead atoms. The predicted octanol–water partition coefficient (Wildman–Crippen LogP) is 0.540. The molecule has 0 radical (unpaired) electrons. The first-order chi connectivity index (χ1) is 6.02. The molecule has 0 saturated carbocycles. The van der Waals surface area contributed by atoms with Crippen molar-refractivity contribution in [2.24, 2.45) is 5.92 Å². The van der Waals surface area contributed by atoms with E-state index in [0.29, 0.717) is 0 Å². The van der Waals surface area contributed by atoms with Crippen molar-refractivity contribution in [2.45, 2.75) is 19.9 Å². The first-order valence-corrected chi connectivity index (χ1v) is 3.95. The number of methoxy groups -OCH3 is 2. The minimum atomic E-state index is -0.655. The Morgan fingerprint density at radius 3 is 2.00 bits per heavy atom. The van der Waals surface area contributed by atoms with E-state index < -0.39 is 18.1 Å². The van der Waals surface area contributed by atoms with Crippen LogP contribution in [0.5, 0.6) is 0 Å². The van der Waals surface area contributed by atoms with Crippen molar-refractivity contribution in [3.63, 3.8) is 0 Å². The first kappa shape index (κ1) is 11.7. The van der Waals surface area contributed by atoms with Gasteiger partial charge in [0.2, 0.25) is 0 Å². The number of ether oxygens (including phenoxy) is 2. The van der Waals surface area contributed by atoms with Gasteiger partial charge in [-0.15, -0.1) is 0 Å². The Balaban J connectivity index is 4.26. The highest BCUT2D eigenvalue weighted by Crippen LogP contribution is 2.03. The average Bonchev–Trinajstić information content (AvgIpc) is 2.11. The van der Waals surface area contributed by atoms with Crippen LogP contribution in [0.25, 0.3) is 0 Å². The van der Waals surface area contributed by atoms with Gasteiger partial charge in [0.05, 0.1) is 14.2 Å². The molecule has 76 valence electrons. The van der Waals surface area contributed by atoms with Crippen LogP contribution in [0.4, 0.5) is 4.79 Å². The van der Waals surface area contributed by atoms with E-state index in [4.69, 9.17) is 0 Å². The predicted molar refractivity (Wildman–Crippen MR) is 46.2 cm³/mol. The summed E-state index contributed by atoms with van der Waals surface area (Å²) >= 11 is 0. The highest BCUT2D eigenvalue weighted by atomic mass is 16.5. The fourth-order valence-electron chi connectivity index (χ4n) is 0.811. The number of hydrogen-bond donors (Lipinski definition) is 1. The molecule has 0 aromatic heterocycles. The van der Waals surface area contributed by atoms with E-state index >= 15 is 0 Å². The fourth-order valence-corrected chi connectivity index (χ4v) is 0.811. The van der Waals surface area contributed by atoms with E-state index in [-0.39, 0.29) is 5.92 Å². The molecule has 0 aromatic rings. The molecular weight excluding hydrogens is 174 g/mol. The lowest BCUT2D eigenvalue weighted by Crippen LogP contribution is -2.44. The van der Waals surface area contributed by atoms with Gasteiger partial charge in [-0.25, -0.2) is 9.59 Å². The lowest BCUT2D eigenvalue weighted by Gasteiger charge is -2.18. The molecule has 0 aliphatic carbocycles. The second-order valence-electron chi connectivity index (χ2n) is 2.88. The Kier molecular flexibility index (Phi) is 4.87. The van der Waals surface area contributed by atoms with Gasteiger partial charge in [-0.2, -0.15) is 0 Å². The molecule has 0 aromatic carbocycles. The van der Waals surface area contributed by atoms with Crippen LogP contribution in [-0.2, 0) is 14.3 Å². The van der Waals surface area contributed by atoms with Crippen LogP contribution in [-0.4, -0.2) is 32.3 Å². The molecular formula is C8H15NO4. The number of carbonyl (C=O) groups excluding carboxylic acids is 2. The highest BCUT2D eigenvalue weighted by molar-refractivity contribution is 5.81. The molecule has 5 heteroatoms. The van der Waals surface area contributed by atoms with Crippen molar-refractivity contribution in [1.29, 1.82) is 0 Å². The zero-order chi connectivity index (χ0) is 10.4. The molecule has 0 fully saturated rings. The number of carbonyl (C=O) groups is 2. The smallest absolute Gasteiger partial charge is 0.407 e. The summed E-state index contributed by atoms with van der Waals surface area (Å²) in [5.41, 5.74) is 0. The lowest BCUT2D eigenvalue weighted by molar-refractivity contribution is -0.144. The zero-order valence-corrected chi connectivity index (χ0v) is 8.29. The molecule has 0 aliphatic rings. The Hall–Kier alpha value is -1.26. The summed E-state index contributed by atoms with van der Waals surface area (Å²) in [5.74, 6) is -0.507. The number of hydrogen-bond acceptors (Lipinski definition) is 4. The summed E-state index contributed by atoms with van der Waals surface area (Å²) in [6, 6.07) is -0.655. The molecule has 1 unspecified atom stereocenters. The van der Waals surface area contributed by atoms with Crippen molar-refractivity contribution in [2.75, 3.05) is 14.2 Å². The van der Waals surface area contributed by atoms with E-state index in [2.05, 4.69) is 14.8 Å². The number of alkyl carbamates (subject to hydrolysis) is 1. The minimum Gasteiger partial charge on any atom is -0.467 e. The largest absolute Gasteiger partial charge is 0.467 e. The maximum atomic E-state index is 11.1. The third-order valence-corrected chi connectivity index (χ3v) is 1.58. The Bertz CT molecular complexity index is 191. The van der Waals surface area contributed by atoms with Crippen LogP contribution in [0.2, 0.25) is 0 Å². The lowest BCUT2D eigenvalue weighted by atomic mass is 10.1. The van der Waals surface area contributed by atoms with Gasteiger partial charge < -0.3 is 14.8 Å². The van der Waals surface area contributed by atoms with E-state index in [1.165, 1.54) is 14.2 Å². The third kappa shape index (κ3) is 3.78. The normalized spacial score (nSPS) is 12.1. The molecule has 0 heterocycles. The van der Waals surface area contributed by atoms with Crippen LogP contribution in [0.15, 0.2) is 0 Å². The first-order valence-electron chi connectivity index (χ1n) is 3.95. The molecule has 1 atom stereocenters. The topological polar surface area (TPSA) is 64.6 Å². The average molecular weight is 189 g/mol. The van der Waals surface area contributed by atoms with Crippen LogP contribution < -0.4 is 5.32 Å². The second kappa shape index (κ2) is 5.40. The van der Waals surface area contributed by atoms with E-state index in [9.17, 15) is 9.59 Å². The maximum absolute atomic E-state index is 11.1. The van der Waals surface area contributed by atoms with E-state index in [0.717, 1.165) is 0 Å². The van der Waals surface area contributed by atoms with Crippen molar-refractivity contribution >= 4 is 12.1 Å². The molecule has 0 rings (SSSR count). The fraction of sp³-hybridized carbons (Fsp3) is 0.750. The minimum absolute atomic E-state index is 0.0356. The summed E-state index contributed by atoms with van der Waals surface area (Å²) in [4.78, 5) is 21.9. The zero-order valence-electron chi connectivity index (χ0n) is 8.29. The van der Waals surface area contributed by atoms with Gasteiger partial charge in [-0.3, -0.25) is 0 Å². The maximum Gasteiger partial charge on any atom is 0.407 e. The van der Waals surface area contributed by atoms with Gasteiger partial charge in [0.25, 0.3) is 0 Å². The number of esters is 1. The monoisotopic (exact) mass is 189 g/mol. The van der Waals surface area contributed by atoms with Crippen LogP contribution >= 0.6 is 0 Å². The Morgan fingerprint density at radius 2 is 1.69 bits per heavy atom. The number of rotatable bonds is 3. The summed E-state index contributed by atoms with van der Waals surface area (Å²) in [6.07, 6.45) is -0.635. The molecule has 1 amide bonds.